The molecule has 0 heterocycles. The van der Waals surface area contributed by atoms with Crippen LogP contribution in [-0.4, -0.2) is 19.1 Å². The number of nitrogens with one attached hydrogen (secondary N) is 1. The van der Waals surface area contributed by atoms with E-state index < -0.39 is 29.0 Å². The van der Waals surface area contributed by atoms with Crippen molar-refractivity contribution in [2.45, 2.75) is 26.8 Å². The van der Waals surface area contributed by atoms with Gasteiger partial charge in [-0.2, -0.15) is 0 Å². The average Bonchev–Trinajstić information content (AvgIpc) is 2.31. The molecule has 0 bridgehead atoms. The first-order chi connectivity index (χ1) is 8.66. The lowest BCUT2D eigenvalue weighted by molar-refractivity contribution is -0.119. The Kier molecular flexibility index (Phi) is 4.47. The zero-order valence-electron chi connectivity index (χ0n) is 11.4. The molecule has 0 aliphatic heterocycles. The van der Waals surface area contributed by atoms with Gasteiger partial charge >= 0.3 is 0 Å². The molecule has 0 saturated carbocycles. The van der Waals surface area contributed by atoms with Crippen molar-refractivity contribution < 1.29 is 18.3 Å². The number of carbonyl (C=O) groups excluding carboxylic acids is 1. The van der Waals surface area contributed by atoms with E-state index in [0.717, 1.165) is 12.1 Å². The lowest BCUT2D eigenvalue weighted by Crippen LogP contribution is -2.45. The molecule has 1 rings (SSSR count). The third-order valence-electron chi connectivity index (χ3n) is 2.71. The Bertz CT molecular complexity index is 484. The van der Waals surface area contributed by atoms with E-state index in [1.807, 2.05) is 0 Å². The molecule has 3 N–H and O–H groups in total. The number of amides is 1. The Morgan fingerprint density at radius 3 is 2.37 bits per heavy atom. The van der Waals surface area contributed by atoms with Crippen LogP contribution in [0.5, 0.6) is 5.75 Å². The maximum absolute atomic E-state index is 13.6. The minimum atomic E-state index is -0.836. The molecule has 6 heteroatoms. The van der Waals surface area contributed by atoms with Gasteiger partial charge in [0.2, 0.25) is 5.91 Å². The van der Waals surface area contributed by atoms with Gasteiger partial charge in [0.25, 0.3) is 0 Å². The molecule has 0 spiro atoms. The molecule has 19 heavy (non-hydrogen) atoms. The lowest BCUT2D eigenvalue weighted by atomic mass is 9.87. The maximum atomic E-state index is 13.6. The van der Waals surface area contributed by atoms with Crippen LogP contribution in [0.1, 0.15) is 20.8 Å². The summed E-state index contributed by atoms with van der Waals surface area (Å²) >= 11 is 0. The van der Waals surface area contributed by atoms with Crippen molar-refractivity contribution in [3.8, 4) is 5.75 Å². The van der Waals surface area contributed by atoms with E-state index in [1.54, 1.807) is 20.8 Å². The van der Waals surface area contributed by atoms with Crippen LogP contribution in [0, 0.1) is 17.0 Å². The summed E-state index contributed by atoms with van der Waals surface area (Å²) in [6.07, 6.45) is 0. The van der Waals surface area contributed by atoms with Gasteiger partial charge in [0.1, 0.15) is 0 Å². The highest BCUT2D eigenvalue weighted by Gasteiger charge is 2.28. The molecular formula is C13H18F2N2O2. The van der Waals surface area contributed by atoms with Gasteiger partial charge < -0.3 is 15.8 Å². The molecule has 0 aliphatic carbocycles. The molecule has 0 unspecified atom stereocenters. The normalized spacial score (nSPS) is 13.0. The summed E-state index contributed by atoms with van der Waals surface area (Å²) in [5, 5.41) is 2.27. The minimum Gasteiger partial charge on any atom is -0.494 e. The van der Waals surface area contributed by atoms with Gasteiger partial charge in [0, 0.05) is 12.1 Å². The first kappa shape index (κ1) is 15.4. The van der Waals surface area contributed by atoms with Gasteiger partial charge in [-0.15, -0.1) is 0 Å². The third-order valence-corrected chi connectivity index (χ3v) is 2.71. The second kappa shape index (κ2) is 5.52. The number of ether oxygens (including phenoxy) is 1. The smallest absolute Gasteiger partial charge is 0.241 e. The van der Waals surface area contributed by atoms with Crippen molar-refractivity contribution in [2.24, 2.45) is 11.1 Å². The van der Waals surface area contributed by atoms with Crippen molar-refractivity contribution in [1.82, 2.24) is 0 Å². The minimum absolute atomic E-state index is 0.226. The van der Waals surface area contributed by atoms with Gasteiger partial charge in [-0.3, -0.25) is 4.79 Å². The molecule has 0 aromatic heterocycles. The molecule has 0 saturated heterocycles. The van der Waals surface area contributed by atoms with Gasteiger partial charge in [-0.25, -0.2) is 8.78 Å². The molecule has 1 aromatic rings. The summed E-state index contributed by atoms with van der Waals surface area (Å²) in [5.41, 5.74) is 4.99. The van der Waals surface area contributed by atoms with E-state index in [9.17, 15) is 13.6 Å². The molecule has 0 aliphatic rings. The van der Waals surface area contributed by atoms with Crippen molar-refractivity contribution in [3.63, 3.8) is 0 Å². The first-order valence-electron chi connectivity index (χ1n) is 5.76. The highest BCUT2D eigenvalue weighted by Crippen LogP contribution is 2.25. The zero-order chi connectivity index (χ0) is 14.8. The van der Waals surface area contributed by atoms with Crippen molar-refractivity contribution in [1.29, 1.82) is 0 Å². The maximum Gasteiger partial charge on any atom is 0.241 e. The molecule has 1 amide bonds. The fourth-order valence-electron chi connectivity index (χ4n) is 1.38. The second-order valence-electron chi connectivity index (χ2n) is 5.30. The van der Waals surface area contributed by atoms with Crippen LogP contribution >= 0.6 is 0 Å². The summed E-state index contributed by atoms with van der Waals surface area (Å²) in [5.74, 6) is -2.34. The van der Waals surface area contributed by atoms with E-state index in [1.165, 1.54) is 7.11 Å². The van der Waals surface area contributed by atoms with E-state index in [2.05, 4.69) is 10.1 Å². The topological polar surface area (TPSA) is 64.3 Å². The number of methoxy groups -OCH3 is 1. The van der Waals surface area contributed by atoms with Crippen molar-refractivity contribution in [3.05, 3.63) is 23.8 Å². The second-order valence-corrected chi connectivity index (χ2v) is 5.30. The van der Waals surface area contributed by atoms with Gasteiger partial charge in [0.15, 0.2) is 17.4 Å². The Hall–Kier alpha value is -1.69. The number of halogens is 2. The fourth-order valence-corrected chi connectivity index (χ4v) is 1.38. The van der Waals surface area contributed by atoms with Crippen LogP contribution in [0.3, 0.4) is 0 Å². The Morgan fingerprint density at radius 2 is 1.89 bits per heavy atom. The van der Waals surface area contributed by atoms with Crippen LogP contribution < -0.4 is 15.8 Å². The molecule has 106 valence electrons. The number of nitrogens with two attached hydrogens (primary N) is 1. The monoisotopic (exact) mass is 272 g/mol. The predicted octanol–water partition coefficient (Wildman–Crippen LogP) is 2.29. The molecule has 4 nitrogen and oxygen atoms in total. The number of carbonyl (C=O) groups is 1. The summed E-state index contributed by atoms with van der Waals surface area (Å²) in [4.78, 5) is 11.8. The Balaban J connectivity index is 2.95. The Morgan fingerprint density at radius 1 is 1.32 bits per heavy atom. The zero-order valence-corrected chi connectivity index (χ0v) is 11.4. The van der Waals surface area contributed by atoms with Gasteiger partial charge in [-0.05, 0) is 5.41 Å². The van der Waals surface area contributed by atoms with E-state index in [0.29, 0.717) is 0 Å². The van der Waals surface area contributed by atoms with Crippen LogP contribution in [0.15, 0.2) is 12.1 Å². The lowest BCUT2D eigenvalue weighted by Gasteiger charge is -2.25. The number of hydrogen-bond donors (Lipinski definition) is 2. The quantitative estimate of drug-likeness (QED) is 0.887. The molecule has 1 atom stereocenters. The summed E-state index contributed by atoms with van der Waals surface area (Å²) < 4.78 is 31.7. The number of hydrogen-bond acceptors (Lipinski definition) is 3. The molecule has 0 radical (unpaired) electrons. The molecule has 0 fully saturated rings. The van der Waals surface area contributed by atoms with E-state index in [4.69, 9.17) is 5.73 Å². The van der Waals surface area contributed by atoms with Gasteiger partial charge in [-0.1, -0.05) is 20.8 Å². The van der Waals surface area contributed by atoms with Crippen LogP contribution in [0.4, 0.5) is 14.5 Å². The van der Waals surface area contributed by atoms with E-state index >= 15 is 0 Å². The SMILES string of the molecule is COc1cc(F)c(NC(=O)[C@@H](N)C(C)(C)C)cc1F. The number of rotatable bonds is 3. The summed E-state index contributed by atoms with van der Waals surface area (Å²) in [6.45, 7) is 5.34. The van der Waals surface area contributed by atoms with Gasteiger partial charge in [0.05, 0.1) is 18.8 Å². The van der Waals surface area contributed by atoms with Crippen molar-refractivity contribution >= 4 is 11.6 Å². The molecular weight excluding hydrogens is 254 g/mol. The third kappa shape index (κ3) is 3.64. The summed E-state index contributed by atoms with van der Waals surface area (Å²) in [6, 6.07) is 0.895. The number of anilines is 1. The highest BCUT2D eigenvalue weighted by atomic mass is 19.1. The summed E-state index contributed by atoms with van der Waals surface area (Å²) in [7, 11) is 1.23. The number of benzene rings is 1. The van der Waals surface area contributed by atoms with E-state index in [-0.39, 0.29) is 11.4 Å². The largest absolute Gasteiger partial charge is 0.494 e. The average molecular weight is 272 g/mol. The highest BCUT2D eigenvalue weighted by molar-refractivity contribution is 5.95. The fraction of sp³-hybridized carbons (Fsp3) is 0.462. The van der Waals surface area contributed by atoms with Crippen molar-refractivity contribution in [2.75, 3.05) is 12.4 Å². The van der Waals surface area contributed by atoms with Crippen LogP contribution in [0.25, 0.3) is 0 Å². The standard InChI is InChI=1S/C13H18F2N2O2/c1-13(2,3)11(16)12(18)17-9-5-8(15)10(19-4)6-7(9)14/h5-6,11H,16H2,1-4H3,(H,17,18)/t11-/m1/s1. The predicted molar refractivity (Wildman–Crippen MR) is 69.0 cm³/mol. The Labute approximate surface area is 110 Å². The first-order valence-corrected chi connectivity index (χ1v) is 5.76. The molecule has 1 aromatic carbocycles. The van der Waals surface area contributed by atoms with Crippen LogP contribution in [-0.2, 0) is 4.79 Å². The van der Waals surface area contributed by atoms with Crippen LogP contribution in [0.2, 0.25) is 0 Å².